The molecule has 25 heavy (non-hydrogen) atoms. The number of ether oxygens (including phenoxy) is 1. The van der Waals surface area contributed by atoms with Crippen molar-refractivity contribution in [2.75, 3.05) is 32.8 Å². The van der Waals surface area contributed by atoms with Crippen LogP contribution in [0.2, 0.25) is 0 Å². The van der Waals surface area contributed by atoms with Gasteiger partial charge >= 0.3 is 0 Å². The van der Waals surface area contributed by atoms with Gasteiger partial charge in [-0.1, -0.05) is 0 Å². The van der Waals surface area contributed by atoms with E-state index in [9.17, 15) is 4.79 Å². The molecule has 5 nitrogen and oxygen atoms in total. The Hall–Kier alpha value is -0.950. The lowest BCUT2D eigenvalue weighted by Crippen LogP contribution is -2.43. The highest BCUT2D eigenvalue weighted by molar-refractivity contribution is 7.07. The lowest BCUT2D eigenvalue weighted by Gasteiger charge is -2.30. The van der Waals surface area contributed by atoms with Crippen molar-refractivity contribution < 1.29 is 9.53 Å². The van der Waals surface area contributed by atoms with Gasteiger partial charge in [0, 0.05) is 25.7 Å². The third kappa shape index (κ3) is 4.08. The second-order valence-electron chi connectivity index (χ2n) is 7.75. The first-order chi connectivity index (χ1) is 12.3. The Labute approximate surface area is 154 Å². The zero-order valence-electron chi connectivity index (χ0n) is 14.8. The molecule has 138 valence electrons. The van der Waals surface area contributed by atoms with Gasteiger partial charge in [-0.3, -0.25) is 4.79 Å². The fourth-order valence-electron chi connectivity index (χ4n) is 4.43. The maximum atomic E-state index is 13.0. The Morgan fingerprint density at radius 1 is 1.44 bits per heavy atom. The average molecular weight is 364 g/mol. The monoisotopic (exact) mass is 363 g/mol. The van der Waals surface area contributed by atoms with Crippen LogP contribution in [0.1, 0.15) is 37.7 Å². The highest BCUT2D eigenvalue weighted by atomic mass is 32.1. The highest BCUT2D eigenvalue weighted by Gasteiger charge is 2.57. The van der Waals surface area contributed by atoms with Crippen molar-refractivity contribution in [3.63, 3.8) is 0 Å². The van der Waals surface area contributed by atoms with E-state index in [-0.39, 0.29) is 12.0 Å². The van der Waals surface area contributed by atoms with Gasteiger partial charge in [0.05, 0.1) is 12.6 Å². The van der Waals surface area contributed by atoms with E-state index in [1.807, 2.05) is 0 Å². The summed E-state index contributed by atoms with van der Waals surface area (Å²) in [6, 6.07) is 2.56. The number of carbonyl (C=O) groups excluding carboxylic acids is 1. The first kappa shape index (κ1) is 17.5. The lowest BCUT2D eigenvalue weighted by atomic mass is 9.93. The van der Waals surface area contributed by atoms with Crippen LogP contribution in [0.25, 0.3) is 0 Å². The van der Waals surface area contributed by atoms with Crippen LogP contribution in [0.4, 0.5) is 0 Å². The summed E-state index contributed by atoms with van der Waals surface area (Å²) < 4.78 is 5.64. The van der Waals surface area contributed by atoms with Crippen molar-refractivity contribution in [1.29, 1.82) is 0 Å². The third-order valence-corrected chi connectivity index (χ3v) is 6.78. The summed E-state index contributed by atoms with van der Waals surface area (Å²) in [5.74, 6) is 0.240. The normalized spacial score (nSPS) is 27.5. The van der Waals surface area contributed by atoms with Crippen LogP contribution in [-0.4, -0.2) is 55.7 Å². The van der Waals surface area contributed by atoms with Crippen LogP contribution < -0.4 is 10.6 Å². The Bertz CT molecular complexity index is 565. The van der Waals surface area contributed by atoms with Gasteiger partial charge in [-0.25, -0.2) is 0 Å². The standard InChI is InChI=1S/C19H29N3O2S/c23-18(12-21-11-16-2-1-8-24-16)22(13-15-3-9-25-14-15)17-10-19(17)4-6-20-7-5-19/h3,9,14,16-17,20-21H,1-2,4-8,10-13H2. The van der Waals surface area contributed by atoms with E-state index < -0.39 is 0 Å². The number of piperidine rings is 1. The first-order valence-corrected chi connectivity index (χ1v) is 10.5. The molecule has 1 aliphatic carbocycles. The second-order valence-corrected chi connectivity index (χ2v) is 8.53. The van der Waals surface area contributed by atoms with E-state index in [0.717, 1.165) is 45.6 Å². The van der Waals surface area contributed by atoms with Gasteiger partial charge in [0.15, 0.2) is 0 Å². The molecule has 1 amide bonds. The van der Waals surface area contributed by atoms with Crippen LogP contribution in [0.3, 0.4) is 0 Å². The summed E-state index contributed by atoms with van der Waals surface area (Å²) in [6.45, 7) is 5.02. The Balaban J connectivity index is 1.35. The molecule has 2 aliphatic heterocycles. The minimum Gasteiger partial charge on any atom is -0.377 e. The summed E-state index contributed by atoms with van der Waals surface area (Å²) in [7, 11) is 0. The van der Waals surface area contributed by atoms with Gasteiger partial charge in [0.1, 0.15) is 0 Å². The topological polar surface area (TPSA) is 53.6 Å². The molecule has 2 saturated heterocycles. The molecule has 3 aliphatic rings. The minimum atomic E-state index is 0.240. The molecule has 0 bridgehead atoms. The van der Waals surface area contributed by atoms with Crippen molar-refractivity contribution in [3.8, 4) is 0 Å². The summed E-state index contributed by atoms with van der Waals surface area (Å²) in [5.41, 5.74) is 1.64. The number of nitrogens with one attached hydrogen (secondary N) is 2. The molecule has 2 unspecified atom stereocenters. The van der Waals surface area contributed by atoms with Crippen LogP contribution >= 0.6 is 11.3 Å². The molecule has 1 spiro atoms. The molecular formula is C19H29N3O2S. The fraction of sp³-hybridized carbons (Fsp3) is 0.737. The number of nitrogens with zero attached hydrogens (tertiary/aromatic N) is 1. The number of hydrogen-bond donors (Lipinski definition) is 2. The molecule has 2 N–H and O–H groups in total. The van der Waals surface area contributed by atoms with E-state index in [1.54, 1.807) is 11.3 Å². The van der Waals surface area contributed by atoms with Gasteiger partial charge in [-0.2, -0.15) is 11.3 Å². The highest BCUT2D eigenvalue weighted by Crippen LogP contribution is 2.56. The minimum absolute atomic E-state index is 0.240. The fourth-order valence-corrected chi connectivity index (χ4v) is 5.09. The number of rotatable bonds is 7. The average Bonchev–Trinajstić information content (AvgIpc) is 3.07. The molecule has 1 aromatic rings. The summed E-state index contributed by atoms with van der Waals surface area (Å²) in [6.07, 6.45) is 6.12. The SMILES string of the molecule is O=C(CNCC1CCCO1)N(Cc1ccsc1)C1CC12CCNCC2. The first-order valence-electron chi connectivity index (χ1n) is 9.60. The summed E-state index contributed by atoms with van der Waals surface area (Å²) in [5, 5.41) is 11.0. The molecule has 1 saturated carbocycles. The van der Waals surface area contributed by atoms with Gasteiger partial charge < -0.3 is 20.3 Å². The van der Waals surface area contributed by atoms with Crippen molar-refractivity contribution in [3.05, 3.63) is 22.4 Å². The third-order valence-electron chi connectivity index (χ3n) is 6.05. The Morgan fingerprint density at radius 3 is 3.04 bits per heavy atom. The predicted octanol–water partition coefficient (Wildman–Crippen LogP) is 1.99. The molecule has 4 rings (SSSR count). The Kier molecular flexibility index (Phi) is 5.41. The van der Waals surface area contributed by atoms with Crippen molar-refractivity contribution in [2.24, 2.45) is 5.41 Å². The van der Waals surface area contributed by atoms with Gasteiger partial charge in [-0.15, -0.1) is 0 Å². The van der Waals surface area contributed by atoms with Crippen LogP contribution in [0.5, 0.6) is 0 Å². The maximum absolute atomic E-state index is 13.0. The van der Waals surface area contributed by atoms with Crippen molar-refractivity contribution in [1.82, 2.24) is 15.5 Å². The molecule has 3 fully saturated rings. The number of amides is 1. The molecule has 2 atom stereocenters. The van der Waals surface area contributed by atoms with Crippen molar-refractivity contribution >= 4 is 17.2 Å². The van der Waals surface area contributed by atoms with E-state index in [2.05, 4.69) is 32.4 Å². The molecule has 1 aromatic heterocycles. The largest absolute Gasteiger partial charge is 0.377 e. The van der Waals surface area contributed by atoms with Gasteiger partial charge in [-0.05, 0) is 73.0 Å². The quantitative estimate of drug-likeness (QED) is 0.778. The predicted molar refractivity (Wildman–Crippen MR) is 99.7 cm³/mol. The lowest BCUT2D eigenvalue weighted by molar-refractivity contribution is -0.132. The summed E-state index contributed by atoms with van der Waals surface area (Å²) >= 11 is 1.71. The van der Waals surface area contributed by atoms with Crippen molar-refractivity contribution in [2.45, 2.75) is 50.8 Å². The van der Waals surface area contributed by atoms with Crippen LogP contribution in [-0.2, 0) is 16.1 Å². The molecule has 0 aromatic carbocycles. The van der Waals surface area contributed by atoms with E-state index in [1.165, 1.54) is 24.8 Å². The molecule has 6 heteroatoms. The number of hydrogen-bond acceptors (Lipinski definition) is 5. The summed E-state index contributed by atoms with van der Waals surface area (Å²) in [4.78, 5) is 15.1. The zero-order valence-corrected chi connectivity index (χ0v) is 15.7. The van der Waals surface area contributed by atoms with E-state index in [0.29, 0.717) is 18.0 Å². The number of thiophene rings is 1. The van der Waals surface area contributed by atoms with Gasteiger partial charge in [0.25, 0.3) is 0 Å². The van der Waals surface area contributed by atoms with Crippen LogP contribution in [0.15, 0.2) is 16.8 Å². The smallest absolute Gasteiger partial charge is 0.237 e. The molecule has 0 radical (unpaired) electrons. The molecule has 3 heterocycles. The van der Waals surface area contributed by atoms with E-state index in [4.69, 9.17) is 4.74 Å². The Morgan fingerprint density at radius 2 is 2.32 bits per heavy atom. The zero-order chi connectivity index (χ0) is 17.1. The second kappa shape index (κ2) is 7.74. The molecular weight excluding hydrogens is 334 g/mol. The maximum Gasteiger partial charge on any atom is 0.237 e. The van der Waals surface area contributed by atoms with Gasteiger partial charge in [0.2, 0.25) is 5.91 Å². The van der Waals surface area contributed by atoms with Crippen LogP contribution in [0, 0.1) is 5.41 Å². The van der Waals surface area contributed by atoms with E-state index >= 15 is 0 Å². The number of carbonyl (C=O) groups is 1.